The number of rotatable bonds is 6. The number of hydrogen-bond donors (Lipinski definition) is 1. The topological polar surface area (TPSA) is 76.2 Å². The quantitative estimate of drug-likeness (QED) is 0.292. The van der Waals surface area contributed by atoms with Crippen LogP contribution in [0.2, 0.25) is 0 Å². The highest BCUT2D eigenvalue weighted by molar-refractivity contribution is 14.0. The molecular weight excluding hydrogens is 455 g/mol. The summed E-state index contributed by atoms with van der Waals surface area (Å²) in [5.74, 6) is 3.30. The van der Waals surface area contributed by atoms with Crippen LogP contribution in [0.15, 0.2) is 30.0 Å². The highest BCUT2D eigenvalue weighted by Crippen LogP contribution is 2.21. The Bertz CT molecular complexity index is 778. The number of aryl methyl sites for hydroxylation is 2. The summed E-state index contributed by atoms with van der Waals surface area (Å²) in [6.07, 6.45) is 8.13. The number of halogens is 1. The van der Waals surface area contributed by atoms with Gasteiger partial charge in [0.15, 0.2) is 11.8 Å². The molecule has 148 valence electrons. The van der Waals surface area contributed by atoms with E-state index in [1.54, 1.807) is 0 Å². The van der Waals surface area contributed by atoms with Gasteiger partial charge in [-0.2, -0.15) is 5.10 Å². The summed E-state index contributed by atoms with van der Waals surface area (Å²) in [4.78, 5) is 7.10. The van der Waals surface area contributed by atoms with Crippen LogP contribution >= 0.6 is 24.0 Å². The molecule has 1 aliphatic rings. The molecule has 0 saturated carbocycles. The largest absolute Gasteiger partial charge is 0.353 e. The molecule has 0 aromatic carbocycles. The summed E-state index contributed by atoms with van der Waals surface area (Å²) < 4.78 is 3.84. The predicted octanol–water partition coefficient (Wildman–Crippen LogP) is 1.67. The van der Waals surface area contributed by atoms with E-state index in [2.05, 4.69) is 38.3 Å². The van der Waals surface area contributed by atoms with Gasteiger partial charge >= 0.3 is 0 Å². The average Bonchev–Trinajstić information content (AvgIpc) is 3.32. The van der Waals surface area contributed by atoms with Crippen molar-refractivity contribution in [1.29, 1.82) is 0 Å². The van der Waals surface area contributed by atoms with Gasteiger partial charge in [-0.15, -0.1) is 40.8 Å². The standard InChI is InChI=1S/C18H28N8.HI/c1-5-7-19-18(20-11-17-23-22-14(2)25(17)4)26-8-6-15(13-26)9-16-10-21-24(3)12-16;/h5,10,12,15H,1,6-9,11,13H2,2-4H3,(H,19,20);1H. The zero-order valence-electron chi connectivity index (χ0n) is 16.3. The summed E-state index contributed by atoms with van der Waals surface area (Å²) in [7, 11) is 3.93. The van der Waals surface area contributed by atoms with E-state index in [4.69, 9.17) is 4.99 Å². The maximum Gasteiger partial charge on any atom is 0.194 e. The first-order chi connectivity index (χ1) is 12.6. The van der Waals surface area contributed by atoms with E-state index >= 15 is 0 Å². The zero-order chi connectivity index (χ0) is 18.5. The summed E-state index contributed by atoms with van der Waals surface area (Å²) in [6.45, 7) is 8.95. The van der Waals surface area contributed by atoms with Gasteiger partial charge in [0.2, 0.25) is 0 Å². The molecule has 1 N–H and O–H groups in total. The second kappa shape index (κ2) is 9.86. The molecule has 8 nitrogen and oxygen atoms in total. The molecule has 0 aliphatic carbocycles. The molecule has 2 aromatic heterocycles. The maximum absolute atomic E-state index is 4.78. The fraction of sp³-hybridized carbons (Fsp3) is 0.556. The smallest absolute Gasteiger partial charge is 0.194 e. The fourth-order valence-corrected chi connectivity index (χ4v) is 3.27. The molecule has 3 rings (SSSR count). The van der Waals surface area contributed by atoms with Gasteiger partial charge in [0, 0.05) is 39.9 Å². The maximum atomic E-state index is 4.78. The van der Waals surface area contributed by atoms with E-state index in [0.717, 1.165) is 43.5 Å². The fourth-order valence-electron chi connectivity index (χ4n) is 3.27. The lowest BCUT2D eigenvalue weighted by atomic mass is 10.0. The molecule has 0 radical (unpaired) electrons. The van der Waals surface area contributed by atoms with E-state index in [1.807, 2.05) is 42.5 Å². The summed E-state index contributed by atoms with van der Waals surface area (Å²) in [5.41, 5.74) is 1.30. The van der Waals surface area contributed by atoms with Crippen LogP contribution < -0.4 is 5.32 Å². The van der Waals surface area contributed by atoms with Crippen LogP contribution in [0.1, 0.15) is 23.6 Å². The van der Waals surface area contributed by atoms with Crippen LogP contribution in [0.3, 0.4) is 0 Å². The van der Waals surface area contributed by atoms with Gasteiger partial charge in [-0.1, -0.05) is 6.08 Å². The molecule has 1 atom stereocenters. The molecule has 3 heterocycles. The Labute approximate surface area is 177 Å². The lowest BCUT2D eigenvalue weighted by molar-refractivity contribution is 0.460. The summed E-state index contributed by atoms with van der Waals surface area (Å²) >= 11 is 0. The van der Waals surface area contributed by atoms with E-state index in [-0.39, 0.29) is 24.0 Å². The molecule has 0 bridgehead atoms. The van der Waals surface area contributed by atoms with Crippen molar-refractivity contribution in [2.45, 2.75) is 26.3 Å². The predicted molar refractivity (Wildman–Crippen MR) is 117 cm³/mol. The monoisotopic (exact) mass is 484 g/mol. The van der Waals surface area contributed by atoms with Gasteiger partial charge in [-0.3, -0.25) is 4.68 Å². The van der Waals surface area contributed by atoms with Crippen molar-refractivity contribution in [3.8, 4) is 0 Å². The van der Waals surface area contributed by atoms with Crippen molar-refractivity contribution < 1.29 is 0 Å². The first-order valence-electron chi connectivity index (χ1n) is 9.03. The van der Waals surface area contributed by atoms with Crippen molar-refractivity contribution in [2.24, 2.45) is 25.0 Å². The van der Waals surface area contributed by atoms with Crippen molar-refractivity contribution >= 4 is 29.9 Å². The van der Waals surface area contributed by atoms with Gasteiger partial charge in [-0.05, 0) is 31.2 Å². The van der Waals surface area contributed by atoms with Crippen LogP contribution in [0.25, 0.3) is 0 Å². The lowest BCUT2D eigenvalue weighted by Crippen LogP contribution is -2.40. The number of likely N-dealkylation sites (tertiary alicyclic amines) is 1. The first kappa shape index (κ1) is 21.4. The molecule has 9 heteroatoms. The number of nitrogens with zero attached hydrogens (tertiary/aromatic N) is 7. The van der Waals surface area contributed by atoms with E-state index < -0.39 is 0 Å². The Morgan fingerprint density at radius 1 is 1.41 bits per heavy atom. The van der Waals surface area contributed by atoms with Crippen molar-refractivity contribution in [2.75, 3.05) is 19.6 Å². The van der Waals surface area contributed by atoms with E-state index in [9.17, 15) is 0 Å². The normalized spacial score (nSPS) is 17.1. The Balaban J connectivity index is 0.00000261. The molecule has 0 amide bonds. The number of aliphatic imine (C=N–C) groups is 1. The Morgan fingerprint density at radius 2 is 2.22 bits per heavy atom. The third-order valence-corrected chi connectivity index (χ3v) is 4.83. The van der Waals surface area contributed by atoms with Crippen LogP contribution in [0.4, 0.5) is 0 Å². The Hall–Kier alpha value is -1.91. The SMILES string of the molecule is C=CCNC(=NCc1nnc(C)n1C)N1CCC(Cc2cnn(C)c2)C1.I. The highest BCUT2D eigenvalue weighted by atomic mass is 127. The minimum atomic E-state index is 0. The number of nitrogens with one attached hydrogen (secondary N) is 1. The molecule has 1 saturated heterocycles. The molecule has 1 aliphatic heterocycles. The molecule has 0 spiro atoms. The number of guanidine groups is 1. The van der Waals surface area contributed by atoms with Gasteiger partial charge in [0.1, 0.15) is 12.4 Å². The molecule has 1 fully saturated rings. The Kier molecular flexibility index (Phi) is 7.81. The number of aromatic nitrogens is 5. The van der Waals surface area contributed by atoms with Gasteiger partial charge in [0.25, 0.3) is 0 Å². The third-order valence-electron chi connectivity index (χ3n) is 4.83. The van der Waals surface area contributed by atoms with Crippen molar-refractivity contribution in [3.05, 3.63) is 42.3 Å². The van der Waals surface area contributed by atoms with Gasteiger partial charge in [0.05, 0.1) is 6.20 Å². The van der Waals surface area contributed by atoms with Crippen molar-refractivity contribution in [1.82, 2.24) is 34.8 Å². The van der Waals surface area contributed by atoms with Crippen LogP contribution in [0.5, 0.6) is 0 Å². The minimum Gasteiger partial charge on any atom is -0.353 e. The highest BCUT2D eigenvalue weighted by Gasteiger charge is 2.25. The third kappa shape index (κ3) is 5.53. The van der Waals surface area contributed by atoms with Gasteiger partial charge in [-0.25, -0.2) is 4.99 Å². The first-order valence-corrected chi connectivity index (χ1v) is 9.03. The molecule has 2 aromatic rings. The Morgan fingerprint density at radius 3 is 2.85 bits per heavy atom. The van der Waals surface area contributed by atoms with E-state index in [1.165, 1.54) is 5.56 Å². The van der Waals surface area contributed by atoms with Crippen molar-refractivity contribution in [3.63, 3.8) is 0 Å². The molecular formula is C18H29IN8. The second-order valence-electron chi connectivity index (χ2n) is 6.86. The molecule has 27 heavy (non-hydrogen) atoms. The number of hydrogen-bond acceptors (Lipinski definition) is 4. The lowest BCUT2D eigenvalue weighted by Gasteiger charge is -2.21. The van der Waals surface area contributed by atoms with Crippen LogP contribution in [0, 0.1) is 12.8 Å². The average molecular weight is 484 g/mol. The van der Waals surface area contributed by atoms with Gasteiger partial charge < -0.3 is 14.8 Å². The summed E-state index contributed by atoms with van der Waals surface area (Å²) in [5, 5.41) is 15.9. The van der Waals surface area contributed by atoms with Crippen LogP contribution in [-0.4, -0.2) is 55.0 Å². The summed E-state index contributed by atoms with van der Waals surface area (Å²) in [6, 6.07) is 0. The van der Waals surface area contributed by atoms with Crippen LogP contribution in [-0.2, 0) is 27.1 Å². The zero-order valence-corrected chi connectivity index (χ0v) is 18.6. The minimum absolute atomic E-state index is 0. The second-order valence-corrected chi connectivity index (χ2v) is 6.86. The van der Waals surface area contributed by atoms with E-state index in [0.29, 0.717) is 19.0 Å². The molecule has 1 unspecified atom stereocenters.